The van der Waals surface area contributed by atoms with Gasteiger partial charge in [-0.1, -0.05) is 26.1 Å². The molecule has 3 nitrogen and oxygen atoms in total. The first kappa shape index (κ1) is 12.4. The summed E-state index contributed by atoms with van der Waals surface area (Å²) >= 11 is 5.06. The van der Waals surface area contributed by atoms with Crippen LogP contribution in [0, 0.1) is 5.41 Å². The fraction of sp³-hybridized carbons (Fsp3) is 0.818. The van der Waals surface area contributed by atoms with Crippen molar-refractivity contribution in [1.82, 2.24) is 4.90 Å². The number of likely N-dealkylation sites (tertiary alicyclic amines) is 1. The molecule has 15 heavy (non-hydrogen) atoms. The van der Waals surface area contributed by atoms with Crippen molar-refractivity contribution in [3.05, 3.63) is 0 Å². The Kier molecular flexibility index (Phi) is 4.08. The van der Waals surface area contributed by atoms with Gasteiger partial charge in [0.2, 0.25) is 5.91 Å². The zero-order chi connectivity index (χ0) is 11.5. The highest BCUT2D eigenvalue weighted by Crippen LogP contribution is 2.31. The molecule has 1 rings (SSSR count). The number of nitrogens with two attached hydrogens (primary N) is 1. The average molecular weight is 228 g/mol. The van der Waals surface area contributed by atoms with E-state index in [2.05, 4.69) is 6.92 Å². The van der Waals surface area contributed by atoms with Gasteiger partial charge in [0.15, 0.2) is 0 Å². The lowest BCUT2D eigenvalue weighted by molar-refractivity contribution is -0.132. The van der Waals surface area contributed by atoms with Crippen LogP contribution in [0.3, 0.4) is 0 Å². The Hall–Kier alpha value is -0.640. The first-order chi connectivity index (χ1) is 6.99. The van der Waals surface area contributed by atoms with Gasteiger partial charge in [-0.25, -0.2) is 0 Å². The van der Waals surface area contributed by atoms with E-state index in [0.717, 1.165) is 32.4 Å². The summed E-state index contributed by atoms with van der Waals surface area (Å²) in [4.78, 5) is 14.2. The first-order valence-electron chi connectivity index (χ1n) is 5.57. The standard InChI is InChI=1S/C11H20N2OS/c1-3-4-9(14)13-7-5-11(2,6-8-13)10(12)15/h3-8H2,1-2H3,(H2,12,15). The fourth-order valence-electron chi connectivity index (χ4n) is 1.87. The Balaban J connectivity index is 2.49. The molecule has 0 aromatic rings. The predicted molar refractivity (Wildman–Crippen MR) is 65.6 cm³/mol. The molecule has 0 aromatic heterocycles. The second-order valence-corrected chi connectivity index (χ2v) is 5.00. The largest absolute Gasteiger partial charge is 0.393 e. The van der Waals surface area contributed by atoms with Crippen LogP contribution in [0.2, 0.25) is 0 Å². The molecule has 86 valence electrons. The van der Waals surface area contributed by atoms with E-state index < -0.39 is 0 Å². The molecule has 0 atom stereocenters. The van der Waals surface area contributed by atoms with Crippen LogP contribution < -0.4 is 5.73 Å². The van der Waals surface area contributed by atoms with E-state index in [-0.39, 0.29) is 11.3 Å². The summed E-state index contributed by atoms with van der Waals surface area (Å²) in [6, 6.07) is 0. The molecule has 1 aliphatic rings. The summed E-state index contributed by atoms with van der Waals surface area (Å²) in [5, 5.41) is 0. The number of carbonyl (C=O) groups excluding carboxylic acids is 1. The zero-order valence-electron chi connectivity index (χ0n) is 9.58. The fourth-order valence-corrected chi connectivity index (χ4v) is 2.07. The molecule has 1 aliphatic heterocycles. The Morgan fingerprint density at radius 3 is 2.40 bits per heavy atom. The van der Waals surface area contributed by atoms with Crippen molar-refractivity contribution in [2.75, 3.05) is 13.1 Å². The first-order valence-corrected chi connectivity index (χ1v) is 5.98. The molecule has 0 unspecified atom stereocenters. The summed E-state index contributed by atoms with van der Waals surface area (Å²) in [7, 11) is 0. The number of hydrogen-bond donors (Lipinski definition) is 1. The summed E-state index contributed by atoms with van der Waals surface area (Å²) < 4.78 is 0. The molecule has 0 spiro atoms. The van der Waals surface area contributed by atoms with Crippen LogP contribution in [0.25, 0.3) is 0 Å². The van der Waals surface area contributed by atoms with Crippen LogP contribution in [0.15, 0.2) is 0 Å². The number of nitrogens with zero attached hydrogens (tertiary/aromatic N) is 1. The minimum Gasteiger partial charge on any atom is -0.393 e. The summed E-state index contributed by atoms with van der Waals surface area (Å²) in [6.45, 7) is 5.72. The Morgan fingerprint density at radius 1 is 1.47 bits per heavy atom. The Bertz CT molecular complexity index is 257. The van der Waals surface area contributed by atoms with Gasteiger partial charge in [0, 0.05) is 24.9 Å². The van der Waals surface area contributed by atoms with E-state index in [0.29, 0.717) is 11.4 Å². The highest BCUT2D eigenvalue weighted by atomic mass is 32.1. The third-order valence-corrected chi connectivity index (χ3v) is 3.77. The molecule has 0 aromatic carbocycles. The van der Waals surface area contributed by atoms with Crippen molar-refractivity contribution in [2.45, 2.75) is 39.5 Å². The molecule has 0 bridgehead atoms. The van der Waals surface area contributed by atoms with E-state index in [1.54, 1.807) is 0 Å². The molecule has 1 fully saturated rings. The molecule has 0 saturated carbocycles. The number of piperidine rings is 1. The van der Waals surface area contributed by atoms with E-state index in [9.17, 15) is 4.79 Å². The molecule has 1 amide bonds. The maximum absolute atomic E-state index is 11.6. The molecular formula is C11H20N2OS. The minimum atomic E-state index is -0.0433. The maximum Gasteiger partial charge on any atom is 0.222 e. The number of amides is 1. The lowest BCUT2D eigenvalue weighted by Crippen LogP contribution is -2.46. The minimum absolute atomic E-state index is 0.0433. The summed E-state index contributed by atoms with van der Waals surface area (Å²) in [6.07, 6.45) is 3.38. The van der Waals surface area contributed by atoms with Gasteiger partial charge in [-0.2, -0.15) is 0 Å². The van der Waals surface area contributed by atoms with Crippen molar-refractivity contribution in [3.8, 4) is 0 Å². The molecular weight excluding hydrogens is 208 g/mol. The van der Waals surface area contributed by atoms with E-state index >= 15 is 0 Å². The maximum atomic E-state index is 11.6. The molecule has 0 aliphatic carbocycles. The lowest BCUT2D eigenvalue weighted by atomic mass is 9.80. The zero-order valence-corrected chi connectivity index (χ0v) is 10.4. The Labute approximate surface area is 97.0 Å². The summed E-state index contributed by atoms with van der Waals surface area (Å²) in [5.41, 5.74) is 5.67. The van der Waals surface area contributed by atoms with E-state index in [1.165, 1.54) is 0 Å². The molecule has 4 heteroatoms. The highest BCUT2D eigenvalue weighted by molar-refractivity contribution is 7.80. The third-order valence-electron chi connectivity index (χ3n) is 3.28. The highest BCUT2D eigenvalue weighted by Gasteiger charge is 2.33. The van der Waals surface area contributed by atoms with Crippen molar-refractivity contribution >= 4 is 23.1 Å². The number of carbonyl (C=O) groups is 1. The SMILES string of the molecule is CCCC(=O)N1CCC(C)(C(N)=S)CC1. The predicted octanol–water partition coefficient (Wildman–Crippen LogP) is 1.70. The van der Waals surface area contributed by atoms with Crippen LogP contribution in [0.1, 0.15) is 39.5 Å². The quantitative estimate of drug-likeness (QED) is 0.748. The van der Waals surface area contributed by atoms with Gasteiger partial charge >= 0.3 is 0 Å². The van der Waals surface area contributed by atoms with Crippen molar-refractivity contribution in [1.29, 1.82) is 0 Å². The van der Waals surface area contributed by atoms with Crippen LogP contribution in [-0.2, 0) is 4.79 Å². The van der Waals surface area contributed by atoms with Gasteiger partial charge < -0.3 is 10.6 Å². The van der Waals surface area contributed by atoms with Gasteiger partial charge in [-0.15, -0.1) is 0 Å². The Morgan fingerprint density at radius 2 is 2.00 bits per heavy atom. The number of thiocarbonyl (C=S) groups is 1. The smallest absolute Gasteiger partial charge is 0.222 e. The third kappa shape index (κ3) is 2.91. The van der Waals surface area contributed by atoms with E-state index in [4.69, 9.17) is 18.0 Å². The topological polar surface area (TPSA) is 46.3 Å². The van der Waals surface area contributed by atoms with Crippen molar-refractivity contribution in [3.63, 3.8) is 0 Å². The van der Waals surface area contributed by atoms with Crippen LogP contribution >= 0.6 is 12.2 Å². The van der Waals surface area contributed by atoms with Gasteiger partial charge in [0.1, 0.15) is 0 Å². The van der Waals surface area contributed by atoms with E-state index in [1.807, 2.05) is 11.8 Å². The second kappa shape index (κ2) is 4.92. The van der Waals surface area contributed by atoms with Crippen LogP contribution in [0.4, 0.5) is 0 Å². The van der Waals surface area contributed by atoms with Crippen molar-refractivity contribution in [2.24, 2.45) is 11.1 Å². The van der Waals surface area contributed by atoms with Gasteiger partial charge in [-0.05, 0) is 19.3 Å². The normalized spacial score (nSPS) is 20.0. The van der Waals surface area contributed by atoms with Gasteiger partial charge in [0.05, 0.1) is 4.99 Å². The van der Waals surface area contributed by atoms with Crippen LogP contribution in [-0.4, -0.2) is 28.9 Å². The molecule has 1 saturated heterocycles. The molecule has 2 N–H and O–H groups in total. The van der Waals surface area contributed by atoms with Gasteiger partial charge in [-0.3, -0.25) is 4.79 Å². The number of hydrogen-bond acceptors (Lipinski definition) is 2. The molecule has 0 radical (unpaired) electrons. The van der Waals surface area contributed by atoms with Gasteiger partial charge in [0.25, 0.3) is 0 Å². The van der Waals surface area contributed by atoms with Crippen LogP contribution in [0.5, 0.6) is 0 Å². The lowest BCUT2D eigenvalue weighted by Gasteiger charge is -2.38. The monoisotopic (exact) mass is 228 g/mol. The van der Waals surface area contributed by atoms with Crippen molar-refractivity contribution < 1.29 is 4.79 Å². The molecule has 1 heterocycles. The average Bonchev–Trinajstić information content (AvgIpc) is 2.19. The second-order valence-electron chi connectivity index (χ2n) is 4.56. The summed E-state index contributed by atoms with van der Waals surface area (Å²) in [5.74, 6) is 0.266. The number of rotatable bonds is 3.